The molecule has 0 aliphatic heterocycles. The van der Waals surface area contributed by atoms with Crippen molar-refractivity contribution < 1.29 is 9.47 Å². The highest BCUT2D eigenvalue weighted by atomic mass is 32.1. The van der Waals surface area contributed by atoms with E-state index in [9.17, 15) is 0 Å². The highest BCUT2D eigenvalue weighted by Crippen LogP contribution is 2.42. The van der Waals surface area contributed by atoms with Gasteiger partial charge < -0.3 is 9.47 Å². The first-order valence-corrected chi connectivity index (χ1v) is 20.7. The molecule has 0 aliphatic carbocycles. The van der Waals surface area contributed by atoms with Crippen molar-refractivity contribution in [2.45, 2.75) is 135 Å². The zero-order valence-corrected chi connectivity index (χ0v) is 31.8. The quantitative estimate of drug-likeness (QED) is 0.0299. The van der Waals surface area contributed by atoms with Crippen LogP contribution in [0.25, 0.3) is 0 Å². The average molecular weight is 689 g/mol. The minimum Gasteiger partial charge on any atom is -0.381 e. The highest BCUT2D eigenvalue weighted by Gasteiger charge is 2.33. The standard InChI is InChI=1S/C33H68O2S6/c36-24-9-1-5-16-32(17-6-2-10-25-37,30-34-22-14-28-40)20-13-21-33(18-7-3-11-26-38,19-8-4-12-27-39)31-35-23-15-29-41/h36-41H,1-31H2. The van der Waals surface area contributed by atoms with Gasteiger partial charge in [-0.05, 0) is 122 Å². The van der Waals surface area contributed by atoms with Crippen LogP contribution in [0.2, 0.25) is 0 Å². The van der Waals surface area contributed by atoms with Gasteiger partial charge in [-0.3, -0.25) is 0 Å². The zero-order chi connectivity index (χ0) is 30.3. The molecule has 0 saturated heterocycles. The van der Waals surface area contributed by atoms with Crippen LogP contribution >= 0.6 is 75.8 Å². The molecule has 0 aromatic heterocycles. The van der Waals surface area contributed by atoms with Crippen molar-refractivity contribution in [3.63, 3.8) is 0 Å². The molecule has 41 heavy (non-hydrogen) atoms. The fourth-order valence-corrected chi connectivity index (χ4v) is 7.24. The second kappa shape index (κ2) is 32.0. The van der Waals surface area contributed by atoms with Gasteiger partial charge in [-0.15, -0.1) is 0 Å². The van der Waals surface area contributed by atoms with Crippen LogP contribution in [0.1, 0.15) is 135 Å². The third kappa shape index (κ3) is 24.9. The van der Waals surface area contributed by atoms with Crippen molar-refractivity contribution in [1.82, 2.24) is 0 Å². The molecule has 0 aromatic carbocycles. The Kier molecular flexibility index (Phi) is 33.6. The molecular weight excluding hydrogens is 621 g/mol. The molecule has 0 rings (SSSR count). The van der Waals surface area contributed by atoms with E-state index in [-0.39, 0.29) is 10.8 Å². The third-order valence-electron chi connectivity index (χ3n) is 8.59. The van der Waals surface area contributed by atoms with Crippen LogP contribution in [0.3, 0.4) is 0 Å². The van der Waals surface area contributed by atoms with Crippen molar-refractivity contribution in [2.24, 2.45) is 10.8 Å². The van der Waals surface area contributed by atoms with Crippen LogP contribution in [0.15, 0.2) is 0 Å². The molecule has 0 heterocycles. The van der Waals surface area contributed by atoms with Gasteiger partial charge in [0.1, 0.15) is 0 Å². The van der Waals surface area contributed by atoms with Crippen LogP contribution < -0.4 is 0 Å². The van der Waals surface area contributed by atoms with Gasteiger partial charge in [-0.25, -0.2) is 0 Å². The Bertz CT molecular complexity index is 419. The lowest BCUT2D eigenvalue weighted by Crippen LogP contribution is -2.31. The average Bonchev–Trinajstić information content (AvgIpc) is 2.98. The zero-order valence-electron chi connectivity index (χ0n) is 26.4. The molecular formula is C33H68O2S6. The summed E-state index contributed by atoms with van der Waals surface area (Å²) < 4.78 is 12.8. The van der Waals surface area contributed by atoms with Crippen molar-refractivity contribution >= 4 is 75.8 Å². The summed E-state index contributed by atoms with van der Waals surface area (Å²) in [6, 6.07) is 0. The maximum absolute atomic E-state index is 6.39. The molecule has 0 atom stereocenters. The largest absolute Gasteiger partial charge is 0.381 e. The second-order valence-electron chi connectivity index (χ2n) is 12.3. The van der Waals surface area contributed by atoms with Gasteiger partial charge >= 0.3 is 0 Å². The topological polar surface area (TPSA) is 18.5 Å². The van der Waals surface area contributed by atoms with Crippen LogP contribution in [0, 0.1) is 10.8 Å². The molecule has 0 N–H and O–H groups in total. The molecule has 0 bridgehead atoms. The molecule has 0 amide bonds. The minimum atomic E-state index is 0.278. The number of ether oxygens (including phenoxy) is 2. The number of thiol groups is 6. The second-order valence-corrected chi connectivity index (χ2v) is 14.9. The minimum absolute atomic E-state index is 0.278. The first-order valence-electron chi connectivity index (χ1n) is 16.9. The Balaban J connectivity index is 5.70. The maximum atomic E-state index is 6.39. The monoisotopic (exact) mass is 688 g/mol. The summed E-state index contributed by atoms with van der Waals surface area (Å²) in [6.07, 6.45) is 26.1. The Hall–Kier alpha value is 2.02. The summed E-state index contributed by atoms with van der Waals surface area (Å²) in [7, 11) is 0. The molecule has 0 aliphatic rings. The number of hydrogen-bond donors (Lipinski definition) is 6. The lowest BCUT2D eigenvalue weighted by molar-refractivity contribution is 0.00519. The van der Waals surface area contributed by atoms with Crippen molar-refractivity contribution in [3.05, 3.63) is 0 Å². The summed E-state index contributed by atoms with van der Waals surface area (Å²) >= 11 is 26.7. The predicted molar refractivity (Wildman–Crippen MR) is 207 cm³/mol. The molecule has 0 fully saturated rings. The van der Waals surface area contributed by atoms with Crippen LogP contribution in [0.5, 0.6) is 0 Å². The molecule has 0 saturated carbocycles. The van der Waals surface area contributed by atoms with E-state index >= 15 is 0 Å². The molecule has 248 valence electrons. The smallest absolute Gasteiger partial charge is 0.0522 e. The summed E-state index contributed by atoms with van der Waals surface area (Å²) in [5.74, 6) is 5.75. The van der Waals surface area contributed by atoms with Crippen LogP contribution in [-0.2, 0) is 9.47 Å². The van der Waals surface area contributed by atoms with Gasteiger partial charge in [0.05, 0.1) is 13.2 Å². The summed E-state index contributed by atoms with van der Waals surface area (Å²) in [5, 5.41) is 0. The van der Waals surface area contributed by atoms with Gasteiger partial charge in [-0.1, -0.05) is 57.8 Å². The SMILES string of the molecule is SCCCCCC(CCCCCS)(CCCC(CCCCCS)(CCCCCS)COCCCS)COCCCS. The highest BCUT2D eigenvalue weighted by molar-refractivity contribution is 7.81. The van der Waals surface area contributed by atoms with E-state index in [1.807, 2.05) is 0 Å². The fourth-order valence-electron chi connectivity index (χ4n) is 6.09. The van der Waals surface area contributed by atoms with E-state index in [1.54, 1.807) is 0 Å². The first kappa shape index (κ1) is 43.0. The molecule has 0 unspecified atom stereocenters. The normalized spacial score (nSPS) is 12.4. The molecule has 0 aromatic rings. The summed E-state index contributed by atoms with van der Waals surface area (Å²) in [6.45, 7) is 3.46. The maximum Gasteiger partial charge on any atom is 0.0522 e. The van der Waals surface area contributed by atoms with Crippen molar-refractivity contribution in [1.29, 1.82) is 0 Å². The first-order chi connectivity index (χ1) is 20.1. The van der Waals surface area contributed by atoms with Crippen LogP contribution in [-0.4, -0.2) is 60.9 Å². The lowest BCUT2D eigenvalue weighted by Gasteiger charge is -2.38. The number of rotatable bonds is 34. The van der Waals surface area contributed by atoms with Crippen LogP contribution in [0.4, 0.5) is 0 Å². The van der Waals surface area contributed by atoms with E-state index in [2.05, 4.69) is 75.8 Å². The van der Waals surface area contributed by atoms with Gasteiger partial charge in [0.2, 0.25) is 0 Å². The number of unbranched alkanes of at least 4 members (excludes halogenated alkanes) is 8. The van der Waals surface area contributed by atoms with E-state index in [0.717, 1.165) is 73.8 Å². The van der Waals surface area contributed by atoms with E-state index < -0.39 is 0 Å². The molecule has 0 spiro atoms. The van der Waals surface area contributed by atoms with Gasteiger partial charge in [-0.2, -0.15) is 75.8 Å². The lowest BCUT2D eigenvalue weighted by atomic mass is 9.70. The molecule has 0 radical (unpaired) electrons. The fraction of sp³-hybridized carbons (Fsp3) is 1.00. The summed E-state index contributed by atoms with van der Waals surface area (Å²) in [5.41, 5.74) is 0.557. The van der Waals surface area contributed by atoms with Crippen molar-refractivity contribution in [3.8, 4) is 0 Å². The van der Waals surface area contributed by atoms with Gasteiger partial charge in [0.25, 0.3) is 0 Å². The number of hydrogen-bond acceptors (Lipinski definition) is 8. The molecule has 8 heteroatoms. The van der Waals surface area contributed by atoms with E-state index in [4.69, 9.17) is 9.47 Å². The van der Waals surface area contributed by atoms with E-state index in [0.29, 0.717) is 0 Å². The van der Waals surface area contributed by atoms with Gasteiger partial charge in [0, 0.05) is 13.2 Å². The molecule has 2 nitrogen and oxygen atoms in total. The Morgan fingerprint density at radius 1 is 0.293 bits per heavy atom. The predicted octanol–water partition coefficient (Wildman–Crippen LogP) is 10.8. The van der Waals surface area contributed by atoms with E-state index in [1.165, 1.54) is 122 Å². The van der Waals surface area contributed by atoms with Crippen molar-refractivity contribution in [2.75, 3.05) is 60.9 Å². The Morgan fingerprint density at radius 3 is 0.829 bits per heavy atom. The third-order valence-corrected chi connectivity index (χ3v) is 10.5. The Morgan fingerprint density at radius 2 is 0.561 bits per heavy atom. The van der Waals surface area contributed by atoms with Gasteiger partial charge in [0.15, 0.2) is 0 Å². The Labute approximate surface area is 290 Å². The summed E-state index contributed by atoms with van der Waals surface area (Å²) in [4.78, 5) is 0.